The summed E-state index contributed by atoms with van der Waals surface area (Å²) in [6, 6.07) is -0.214. The second-order valence-electron chi connectivity index (χ2n) is 3.93. The van der Waals surface area contributed by atoms with Gasteiger partial charge >= 0.3 is 0 Å². The summed E-state index contributed by atoms with van der Waals surface area (Å²) in [5, 5.41) is 22.5. The standard InChI is InChI=1S/C10H21NO2S/c1-6(2)10(13)9(8(12)5-14)11-7(3)4/h7-9,11-14H,5H2,1-4H3. The molecule has 0 fully saturated rings. The van der Waals surface area contributed by atoms with Crippen LogP contribution in [0, 0.1) is 0 Å². The average Bonchev–Trinajstić information content (AvgIpc) is 2.11. The predicted molar refractivity (Wildman–Crippen MR) is 62.9 cm³/mol. The summed E-state index contributed by atoms with van der Waals surface area (Å²) < 4.78 is 0. The first kappa shape index (κ1) is 13.8. The van der Waals surface area contributed by atoms with E-state index in [1.807, 2.05) is 27.7 Å². The molecule has 0 saturated carbocycles. The molecule has 0 bridgehead atoms. The highest BCUT2D eigenvalue weighted by molar-refractivity contribution is 7.80. The molecule has 0 amide bonds. The van der Waals surface area contributed by atoms with Gasteiger partial charge in [0.25, 0.3) is 0 Å². The zero-order valence-corrected chi connectivity index (χ0v) is 10.2. The van der Waals surface area contributed by atoms with E-state index in [9.17, 15) is 10.2 Å². The zero-order valence-electron chi connectivity index (χ0n) is 9.28. The SMILES string of the molecule is CC(C)=C(O)C(NC(C)C)C(O)CS. The lowest BCUT2D eigenvalue weighted by Crippen LogP contribution is -2.46. The maximum absolute atomic E-state index is 9.76. The molecule has 2 unspecified atom stereocenters. The second kappa shape index (κ2) is 6.32. The third-order valence-electron chi connectivity index (χ3n) is 1.89. The lowest BCUT2D eigenvalue weighted by Gasteiger charge is -2.25. The van der Waals surface area contributed by atoms with Crippen molar-refractivity contribution in [3.63, 3.8) is 0 Å². The van der Waals surface area contributed by atoms with Crippen molar-refractivity contribution in [1.29, 1.82) is 0 Å². The highest BCUT2D eigenvalue weighted by atomic mass is 32.1. The molecule has 0 spiro atoms. The van der Waals surface area contributed by atoms with Crippen molar-refractivity contribution >= 4 is 12.6 Å². The van der Waals surface area contributed by atoms with Crippen LogP contribution in [0.3, 0.4) is 0 Å². The molecule has 0 rings (SSSR count). The van der Waals surface area contributed by atoms with Crippen molar-refractivity contribution < 1.29 is 10.2 Å². The molecule has 0 aliphatic heterocycles. The van der Waals surface area contributed by atoms with Gasteiger partial charge in [0.2, 0.25) is 0 Å². The first-order valence-corrected chi connectivity index (χ1v) is 5.44. The molecular formula is C10H21NO2S. The van der Waals surface area contributed by atoms with Crippen LogP contribution in [0.1, 0.15) is 27.7 Å². The number of thiol groups is 1. The molecule has 2 atom stereocenters. The van der Waals surface area contributed by atoms with Gasteiger partial charge in [0.15, 0.2) is 0 Å². The zero-order chi connectivity index (χ0) is 11.3. The largest absolute Gasteiger partial charge is 0.511 e. The predicted octanol–water partition coefficient (Wildman–Crippen LogP) is 1.50. The van der Waals surface area contributed by atoms with E-state index < -0.39 is 12.1 Å². The molecular weight excluding hydrogens is 198 g/mol. The van der Waals surface area contributed by atoms with E-state index in [4.69, 9.17) is 0 Å². The Kier molecular flexibility index (Phi) is 6.24. The van der Waals surface area contributed by atoms with Gasteiger partial charge in [-0.1, -0.05) is 13.8 Å². The molecule has 14 heavy (non-hydrogen) atoms. The minimum Gasteiger partial charge on any atom is -0.511 e. The molecule has 0 radical (unpaired) electrons. The van der Waals surface area contributed by atoms with E-state index in [0.29, 0.717) is 5.75 Å². The molecule has 0 saturated heterocycles. The van der Waals surface area contributed by atoms with Crippen molar-refractivity contribution in [3.8, 4) is 0 Å². The van der Waals surface area contributed by atoms with Crippen LogP contribution >= 0.6 is 12.6 Å². The van der Waals surface area contributed by atoms with Crippen molar-refractivity contribution in [2.24, 2.45) is 0 Å². The van der Waals surface area contributed by atoms with Gasteiger partial charge in [-0.15, -0.1) is 0 Å². The topological polar surface area (TPSA) is 52.5 Å². The van der Waals surface area contributed by atoms with Crippen LogP contribution in [0.25, 0.3) is 0 Å². The van der Waals surface area contributed by atoms with Gasteiger partial charge in [-0.05, 0) is 19.4 Å². The average molecular weight is 219 g/mol. The van der Waals surface area contributed by atoms with Crippen LogP contribution in [0.4, 0.5) is 0 Å². The normalized spacial score (nSPS) is 15.4. The summed E-state index contributed by atoms with van der Waals surface area (Å²) in [5.41, 5.74) is 0.809. The van der Waals surface area contributed by atoms with Crippen LogP contribution in [-0.2, 0) is 0 Å². The van der Waals surface area contributed by atoms with Gasteiger partial charge in [0.05, 0.1) is 12.1 Å². The molecule has 0 aromatic heterocycles. The summed E-state index contributed by atoms with van der Waals surface area (Å²) in [6.45, 7) is 7.57. The number of hydrogen-bond acceptors (Lipinski definition) is 4. The summed E-state index contributed by atoms with van der Waals surface area (Å²) in [6.07, 6.45) is -0.671. The molecule has 0 aliphatic rings. The highest BCUT2D eigenvalue weighted by Gasteiger charge is 2.23. The van der Waals surface area contributed by atoms with Crippen molar-refractivity contribution in [2.75, 3.05) is 5.75 Å². The minimum atomic E-state index is -0.671. The Morgan fingerprint density at radius 2 is 1.86 bits per heavy atom. The van der Waals surface area contributed by atoms with E-state index in [2.05, 4.69) is 17.9 Å². The lowest BCUT2D eigenvalue weighted by molar-refractivity contribution is 0.135. The third kappa shape index (κ3) is 4.35. The Morgan fingerprint density at radius 1 is 1.36 bits per heavy atom. The van der Waals surface area contributed by atoms with E-state index in [1.54, 1.807) is 0 Å². The van der Waals surface area contributed by atoms with Gasteiger partial charge in [-0.3, -0.25) is 0 Å². The van der Waals surface area contributed by atoms with Crippen LogP contribution in [0.15, 0.2) is 11.3 Å². The van der Waals surface area contributed by atoms with Gasteiger partial charge in [0.1, 0.15) is 5.76 Å². The fraction of sp³-hybridized carbons (Fsp3) is 0.800. The lowest BCUT2D eigenvalue weighted by atomic mass is 10.1. The van der Waals surface area contributed by atoms with Crippen LogP contribution < -0.4 is 5.32 Å². The molecule has 84 valence electrons. The van der Waals surface area contributed by atoms with Gasteiger partial charge in [-0.2, -0.15) is 12.6 Å². The Bertz CT molecular complexity index is 200. The molecule has 3 nitrogen and oxygen atoms in total. The first-order chi connectivity index (χ1) is 6.40. The fourth-order valence-corrected chi connectivity index (χ4v) is 1.36. The maximum atomic E-state index is 9.76. The highest BCUT2D eigenvalue weighted by Crippen LogP contribution is 2.11. The number of allylic oxidation sites excluding steroid dienone is 1. The van der Waals surface area contributed by atoms with E-state index >= 15 is 0 Å². The van der Waals surface area contributed by atoms with Gasteiger partial charge < -0.3 is 15.5 Å². The number of aliphatic hydroxyl groups excluding tert-OH is 2. The van der Waals surface area contributed by atoms with Crippen LogP contribution in [0.5, 0.6) is 0 Å². The molecule has 4 heteroatoms. The molecule has 0 heterocycles. The van der Waals surface area contributed by atoms with Crippen molar-refractivity contribution in [3.05, 3.63) is 11.3 Å². The second-order valence-corrected chi connectivity index (χ2v) is 4.30. The van der Waals surface area contributed by atoms with Crippen LogP contribution in [0.2, 0.25) is 0 Å². The van der Waals surface area contributed by atoms with E-state index in [0.717, 1.165) is 5.57 Å². The Labute approximate surface area is 91.6 Å². The quantitative estimate of drug-likeness (QED) is 0.419. The molecule has 0 aromatic carbocycles. The van der Waals surface area contributed by atoms with Crippen molar-refractivity contribution in [2.45, 2.75) is 45.9 Å². The van der Waals surface area contributed by atoms with Gasteiger partial charge in [-0.25, -0.2) is 0 Å². The number of nitrogens with one attached hydrogen (secondary N) is 1. The Hall–Kier alpha value is -0.190. The van der Waals surface area contributed by atoms with E-state index in [1.165, 1.54) is 0 Å². The summed E-state index contributed by atoms with van der Waals surface area (Å²) in [5.74, 6) is 0.530. The Morgan fingerprint density at radius 3 is 2.14 bits per heavy atom. The minimum absolute atomic E-state index is 0.205. The number of hydrogen-bond donors (Lipinski definition) is 4. The summed E-state index contributed by atoms with van der Waals surface area (Å²) in [4.78, 5) is 0. The third-order valence-corrected chi connectivity index (χ3v) is 2.27. The van der Waals surface area contributed by atoms with Crippen LogP contribution in [-0.4, -0.2) is 34.2 Å². The smallest absolute Gasteiger partial charge is 0.110 e. The summed E-state index contributed by atoms with van der Waals surface area (Å²) >= 11 is 4.02. The number of aliphatic hydroxyl groups is 2. The van der Waals surface area contributed by atoms with Gasteiger partial charge in [0, 0.05) is 11.8 Å². The Balaban J connectivity index is 4.64. The fourth-order valence-electron chi connectivity index (χ4n) is 1.15. The molecule has 3 N–H and O–H groups in total. The summed E-state index contributed by atoms with van der Waals surface area (Å²) in [7, 11) is 0. The maximum Gasteiger partial charge on any atom is 0.110 e. The first-order valence-electron chi connectivity index (χ1n) is 4.81. The van der Waals surface area contributed by atoms with Crippen molar-refractivity contribution in [1.82, 2.24) is 5.32 Å². The van der Waals surface area contributed by atoms with E-state index in [-0.39, 0.29) is 11.8 Å². The molecule has 0 aliphatic carbocycles. The monoisotopic (exact) mass is 219 g/mol. The molecule has 0 aromatic rings. The number of rotatable bonds is 5.